The second-order valence-electron chi connectivity index (χ2n) is 4.48. The highest BCUT2D eigenvalue weighted by atomic mass is 35.5. The monoisotopic (exact) mass is 341 g/mol. The van der Waals surface area contributed by atoms with Crippen molar-refractivity contribution in [1.29, 1.82) is 0 Å². The van der Waals surface area contributed by atoms with Crippen molar-refractivity contribution in [3.63, 3.8) is 0 Å². The Bertz CT molecular complexity index is 778. The van der Waals surface area contributed by atoms with Gasteiger partial charge in [0.25, 0.3) is 5.91 Å². The summed E-state index contributed by atoms with van der Waals surface area (Å²) in [6, 6.07) is 6.46. The summed E-state index contributed by atoms with van der Waals surface area (Å²) in [5.74, 6) is -2.52. The standard InChI is InChI=1S/C15H10Cl2FNO3/c1-7-12(18)3-2-4-13(7)19-14(20)8-5-10(16)11(17)6-9(8)15(21)22/h2-6H,1H3,(H,19,20)(H,21,22). The molecule has 2 aromatic carbocycles. The quantitative estimate of drug-likeness (QED) is 0.869. The topological polar surface area (TPSA) is 66.4 Å². The van der Waals surface area contributed by atoms with Gasteiger partial charge in [0.2, 0.25) is 0 Å². The van der Waals surface area contributed by atoms with E-state index in [0.29, 0.717) is 0 Å². The number of rotatable bonds is 3. The molecule has 0 fully saturated rings. The number of hydrogen-bond donors (Lipinski definition) is 2. The molecule has 0 heterocycles. The molecule has 0 bridgehead atoms. The lowest BCUT2D eigenvalue weighted by molar-refractivity contribution is 0.0692. The minimum Gasteiger partial charge on any atom is -0.478 e. The van der Waals surface area contributed by atoms with Crippen LogP contribution in [-0.4, -0.2) is 17.0 Å². The van der Waals surface area contributed by atoms with Crippen molar-refractivity contribution < 1.29 is 19.1 Å². The van der Waals surface area contributed by atoms with Crippen molar-refractivity contribution in [2.24, 2.45) is 0 Å². The van der Waals surface area contributed by atoms with Crippen LogP contribution < -0.4 is 5.32 Å². The van der Waals surface area contributed by atoms with Crippen molar-refractivity contribution in [2.45, 2.75) is 6.92 Å². The van der Waals surface area contributed by atoms with Gasteiger partial charge in [0.05, 0.1) is 21.2 Å². The summed E-state index contributed by atoms with van der Waals surface area (Å²) in [6.45, 7) is 1.50. The molecule has 4 nitrogen and oxygen atoms in total. The molecule has 0 spiro atoms. The maximum Gasteiger partial charge on any atom is 0.336 e. The first-order chi connectivity index (χ1) is 10.3. The van der Waals surface area contributed by atoms with Gasteiger partial charge in [-0.1, -0.05) is 29.3 Å². The largest absolute Gasteiger partial charge is 0.478 e. The Morgan fingerprint density at radius 2 is 1.73 bits per heavy atom. The SMILES string of the molecule is Cc1c(F)cccc1NC(=O)c1cc(Cl)c(Cl)cc1C(=O)O. The van der Waals surface area contributed by atoms with Gasteiger partial charge in [-0.15, -0.1) is 0 Å². The normalized spacial score (nSPS) is 10.4. The smallest absolute Gasteiger partial charge is 0.336 e. The van der Waals surface area contributed by atoms with Crippen LogP contribution in [0.5, 0.6) is 0 Å². The Morgan fingerprint density at radius 1 is 1.14 bits per heavy atom. The molecule has 1 amide bonds. The van der Waals surface area contributed by atoms with E-state index in [1.54, 1.807) is 0 Å². The third kappa shape index (κ3) is 3.21. The molecule has 0 aliphatic heterocycles. The van der Waals surface area contributed by atoms with Crippen molar-refractivity contribution >= 4 is 40.8 Å². The van der Waals surface area contributed by atoms with Gasteiger partial charge < -0.3 is 10.4 Å². The van der Waals surface area contributed by atoms with Crippen molar-refractivity contribution in [3.8, 4) is 0 Å². The highest BCUT2D eigenvalue weighted by molar-refractivity contribution is 6.42. The van der Waals surface area contributed by atoms with Crippen LogP contribution in [0, 0.1) is 12.7 Å². The van der Waals surface area contributed by atoms with Crippen LogP contribution in [0.2, 0.25) is 10.0 Å². The van der Waals surface area contributed by atoms with Gasteiger partial charge in [0, 0.05) is 11.3 Å². The number of amides is 1. The van der Waals surface area contributed by atoms with Crippen LogP contribution >= 0.6 is 23.2 Å². The summed E-state index contributed by atoms with van der Waals surface area (Å²) >= 11 is 11.6. The Hall–Kier alpha value is -2.11. The molecule has 2 rings (SSSR count). The van der Waals surface area contributed by atoms with E-state index < -0.39 is 17.7 Å². The summed E-state index contributed by atoms with van der Waals surface area (Å²) < 4.78 is 13.5. The molecular formula is C15H10Cl2FNO3. The first-order valence-electron chi connectivity index (χ1n) is 6.10. The molecule has 0 aliphatic carbocycles. The Kier molecular flexibility index (Phi) is 4.68. The highest BCUT2D eigenvalue weighted by Gasteiger charge is 2.20. The number of benzene rings is 2. The van der Waals surface area contributed by atoms with E-state index in [1.165, 1.54) is 25.1 Å². The maximum absolute atomic E-state index is 13.5. The summed E-state index contributed by atoms with van der Waals surface area (Å²) in [5, 5.41) is 11.7. The van der Waals surface area contributed by atoms with Gasteiger partial charge in [-0.3, -0.25) is 4.79 Å². The molecule has 2 aromatic rings. The number of carboxylic acid groups (broad SMARTS) is 1. The molecular weight excluding hydrogens is 332 g/mol. The number of anilines is 1. The van der Waals surface area contributed by atoms with E-state index >= 15 is 0 Å². The fraction of sp³-hybridized carbons (Fsp3) is 0.0667. The van der Waals surface area contributed by atoms with E-state index in [2.05, 4.69) is 5.32 Å². The predicted octanol–water partition coefficient (Wildman–Crippen LogP) is 4.39. The van der Waals surface area contributed by atoms with Gasteiger partial charge in [0.1, 0.15) is 5.82 Å². The van der Waals surface area contributed by atoms with Crippen LogP contribution in [0.4, 0.5) is 10.1 Å². The van der Waals surface area contributed by atoms with Crippen molar-refractivity contribution in [3.05, 3.63) is 62.9 Å². The number of carbonyl (C=O) groups is 2. The van der Waals surface area contributed by atoms with E-state index in [0.717, 1.165) is 12.1 Å². The number of hydrogen-bond acceptors (Lipinski definition) is 2. The Morgan fingerprint density at radius 3 is 2.32 bits per heavy atom. The van der Waals surface area contributed by atoms with E-state index in [4.69, 9.17) is 28.3 Å². The molecule has 7 heteroatoms. The zero-order valence-electron chi connectivity index (χ0n) is 11.3. The third-order valence-corrected chi connectivity index (χ3v) is 3.77. The minimum absolute atomic E-state index is 0.0255. The zero-order valence-corrected chi connectivity index (χ0v) is 12.8. The zero-order chi connectivity index (χ0) is 16.4. The lowest BCUT2D eigenvalue weighted by atomic mass is 10.1. The molecule has 0 radical (unpaired) electrons. The fourth-order valence-electron chi connectivity index (χ4n) is 1.84. The molecule has 0 saturated carbocycles. The summed E-state index contributed by atoms with van der Waals surface area (Å²) in [5.41, 5.74) is 0.0340. The predicted molar refractivity (Wildman–Crippen MR) is 82.5 cm³/mol. The molecule has 0 aromatic heterocycles. The van der Waals surface area contributed by atoms with Gasteiger partial charge in [0.15, 0.2) is 0 Å². The maximum atomic E-state index is 13.5. The first kappa shape index (κ1) is 16.3. The summed E-state index contributed by atoms with van der Waals surface area (Å²) in [7, 11) is 0. The molecule has 0 atom stereocenters. The number of nitrogens with one attached hydrogen (secondary N) is 1. The molecule has 114 valence electrons. The van der Waals surface area contributed by atoms with Crippen LogP contribution in [-0.2, 0) is 0 Å². The number of carbonyl (C=O) groups excluding carboxylic acids is 1. The Labute approximate surface area is 135 Å². The number of carboxylic acids is 1. The van der Waals surface area contributed by atoms with Gasteiger partial charge >= 0.3 is 5.97 Å². The van der Waals surface area contributed by atoms with Crippen molar-refractivity contribution in [2.75, 3.05) is 5.32 Å². The fourth-order valence-corrected chi connectivity index (χ4v) is 2.17. The number of halogens is 3. The minimum atomic E-state index is -1.32. The van der Waals surface area contributed by atoms with Crippen LogP contribution in [0.15, 0.2) is 30.3 Å². The average Bonchev–Trinajstić information content (AvgIpc) is 2.46. The molecule has 0 unspecified atom stereocenters. The van der Waals surface area contributed by atoms with E-state index in [1.807, 2.05) is 0 Å². The molecule has 0 aliphatic rings. The Balaban J connectivity index is 2.43. The first-order valence-corrected chi connectivity index (χ1v) is 6.85. The number of aromatic carboxylic acids is 1. The highest BCUT2D eigenvalue weighted by Crippen LogP contribution is 2.27. The van der Waals surface area contributed by atoms with Crippen LogP contribution in [0.3, 0.4) is 0 Å². The lowest BCUT2D eigenvalue weighted by Crippen LogP contribution is -2.17. The van der Waals surface area contributed by atoms with Gasteiger partial charge in [-0.25, -0.2) is 9.18 Å². The van der Waals surface area contributed by atoms with Gasteiger partial charge in [-0.2, -0.15) is 0 Å². The third-order valence-electron chi connectivity index (χ3n) is 3.05. The van der Waals surface area contributed by atoms with Crippen molar-refractivity contribution in [1.82, 2.24) is 0 Å². The lowest BCUT2D eigenvalue weighted by Gasteiger charge is -2.11. The van der Waals surface area contributed by atoms with E-state index in [-0.39, 0.29) is 32.4 Å². The van der Waals surface area contributed by atoms with E-state index in [9.17, 15) is 14.0 Å². The molecule has 22 heavy (non-hydrogen) atoms. The van der Waals surface area contributed by atoms with Crippen LogP contribution in [0.25, 0.3) is 0 Å². The average molecular weight is 342 g/mol. The molecule has 0 saturated heterocycles. The van der Waals surface area contributed by atoms with Crippen LogP contribution in [0.1, 0.15) is 26.3 Å². The molecule has 2 N–H and O–H groups in total. The summed E-state index contributed by atoms with van der Waals surface area (Å²) in [4.78, 5) is 23.5. The van der Waals surface area contributed by atoms with Gasteiger partial charge in [-0.05, 0) is 31.2 Å². The second-order valence-corrected chi connectivity index (χ2v) is 5.30. The summed E-state index contributed by atoms with van der Waals surface area (Å²) in [6.07, 6.45) is 0. The second kappa shape index (κ2) is 6.34.